The Hall–Kier alpha value is -2.29. The number of carbonyl (C=O) groups excluding carboxylic acids is 1. The predicted octanol–water partition coefficient (Wildman–Crippen LogP) is 3.98. The van der Waals surface area contributed by atoms with Crippen LogP contribution >= 0.6 is 0 Å². The highest BCUT2D eigenvalue weighted by molar-refractivity contribution is 6.01. The number of rotatable bonds is 4. The van der Waals surface area contributed by atoms with Crippen LogP contribution in [-0.4, -0.2) is 13.0 Å². The molecule has 1 aliphatic carbocycles. The summed E-state index contributed by atoms with van der Waals surface area (Å²) in [4.78, 5) is 12.8. The second-order valence-electron chi connectivity index (χ2n) is 6.08. The Kier molecular flexibility index (Phi) is 3.65. The molecule has 1 aliphatic rings. The van der Waals surface area contributed by atoms with Gasteiger partial charge in [0.1, 0.15) is 5.75 Å². The number of carbonyl (C=O) groups is 1. The van der Waals surface area contributed by atoms with Crippen LogP contribution in [0.4, 0.5) is 5.69 Å². The monoisotopic (exact) mass is 295 g/mol. The standard InChI is InChI=1S/C19H21NO2/c1-13-4-5-14(2)17(12-13)20-18(21)19(10-11-19)15-6-8-16(22-3)9-7-15/h4-9,12H,10-11H2,1-3H3,(H,20,21). The molecule has 0 atom stereocenters. The highest BCUT2D eigenvalue weighted by atomic mass is 16.5. The van der Waals surface area contributed by atoms with E-state index in [9.17, 15) is 4.79 Å². The average molecular weight is 295 g/mol. The predicted molar refractivity (Wildman–Crippen MR) is 88.5 cm³/mol. The number of ether oxygens (including phenoxy) is 1. The van der Waals surface area contributed by atoms with Gasteiger partial charge in [-0.15, -0.1) is 0 Å². The lowest BCUT2D eigenvalue weighted by Crippen LogP contribution is -2.28. The first-order valence-electron chi connectivity index (χ1n) is 7.58. The van der Waals surface area contributed by atoms with Crippen molar-refractivity contribution in [3.63, 3.8) is 0 Å². The van der Waals surface area contributed by atoms with Crippen LogP contribution in [0.5, 0.6) is 5.75 Å². The van der Waals surface area contributed by atoms with E-state index in [-0.39, 0.29) is 11.3 Å². The SMILES string of the molecule is COc1ccc(C2(C(=O)Nc3cc(C)ccc3C)CC2)cc1. The molecule has 0 bridgehead atoms. The third kappa shape index (κ3) is 2.59. The summed E-state index contributed by atoms with van der Waals surface area (Å²) in [7, 11) is 1.65. The van der Waals surface area contributed by atoms with E-state index >= 15 is 0 Å². The number of aryl methyl sites for hydroxylation is 2. The van der Waals surface area contributed by atoms with Crippen molar-refractivity contribution in [1.82, 2.24) is 0 Å². The Morgan fingerprint density at radius 3 is 2.36 bits per heavy atom. The second kappa shape index (κ2) is 5.48. The number of anilines is 1. The molecule has 2 aromatic rings. The molecule has 0 spiro atoms. The summed E-state index contributed by atoms with van der Waals surface area (Å²) in [6.07, 6.45) is 1.80. The van der Waals surface area contributed by atoms with Gasteiger partial charge in [0.05, 0.1) is 12.5 Å². The number of hydrogen-bond donors (Lipinski definition) is 1. The molecule has 0 saturated heterocycles. The summed E-state index contributed by atoms with van der Waals surface area (Å²) in [5, 5.41) is 3.11. The van der Waals surface area contributed by atoms with Gasteiger partial charge in [0.25, 0.3) is 0 Å². The maximum Gasteiger partial charge on any atom is 0.235 e. The molecular weight excluding hydrogens is 274 g/mol. The fourth-order valence-corrected chi connectivity index (χ4v) is 2.79. The van der Waals surface area contributed by atoms with E-state index in [0.717, 1.165) is 41.0 Å². The third-order valence-corrected chi connectivity index (χ3v) is 4.47. The molecular formula is C19H21NO2. The second-order valence-corrected chi connectivity index (χ2v) is 6.08. The van der Waals surface area contributed by atoms with E-state index in [2.05, 4.69) is 11.4 Å². The van der Waals surface area contributed by atoms with Crippen LogP contribution in [0.25, 0.3) is 0 Å². The zero-order valence-corrected chi connectivity index (χ0v) is 13.3. The topological polar surface area (TPSA) is 38.3 Å². The van der Waals surface area contributed by atoms with Crippen LogP contribution < -0.4 is 10.1 Å². The van der Waals surface area contributed by atoms with Crippen molar-refractivity contribution in [2.24, 2.45) is 0 Å². The van der Waals surface area contributed by atoms with Gasteiger partial charge < -0.3 is 10.1 Å². The molecule has 2 aromatic carbocycles. The van der Waals surface area contributed by atoms with Crippen molar-refractivity contribution in [2.45, 2.75) is 32.1 Å². The van der Waals surface area contributed by atoms with Gasteiger partial charge in [0.2, 0.25) is 5.91 Å². The van der Waals surface area contributed by atoms with Gasteiger partial charge in [-0.1, -0.05) is 24.3 Å². The van der Waals surface area contributed by atoms with Gasteiger partial charge in [0.15, 0.2) is 0 Å². The van der Waals surface area contributed by atoms with Crippen LogP contribution in [0.3, 0.4) is 0 Å². The lowest BCUT2D eigenvalue weighted by Gasteiger charge is -2.17. The van der Waals surface area contributed by atoms with E-state index < -0.39 is 0 Å². The van der Waals surface area contributed by atoms with E-state index in [4.69, 9.17) is 4.74 Å². The maximum atomic E-state index is 12.8. The Balaban J connectivity index is 1.83. The Morgan fingerprint density at radius 1 is 1.09 bits per heavy atom. The minimum Gasteiger partial charge on any atom is -0.497 e. The maximum absolute atomic E-state index is 12.8. The molecule has 1 amide bonds. The van der Waals surface area contributed by atoms with Crippen molar-refractivity contribution in [1.29, 1.82) is 0 Å². The fourth-order valence-electron chi connectivity index (χ4n) is 2.79. The first-order chi connectivity index (χ1) is 10.5. The molecule has 22 heavy (non-hydrogen) atoms. The van der Waals surface area contributed by atoms with Gasteiger partial charge in [-0.3, -0.25) is 4.79 Å². The van der Waals surface area contributed by atoms with Crippen LogP contribution in [0.1, 0.15) is 29.5 Å². The molecule has 0 radical (unpaired) electrons. The summed E-state index contributed by atoms with van der Waals surface area (Å²) in [5.74, 6) is 0.904. The molecule has 3 rings (SSSR count). The van der Waals surface area contributed by atoms with Gasteiger partial charge in [-0.05, 0) is 61.6 Å². The highest BCUT2D eigenvalue weighted by Crippen LogP contribution is 2.49. The summed E-state index contributed by atoms with van der Waals surface area (Å²) in [6.45, 7) is 4.05. The van der Waals surface area contributed by atoms with Crippen molar-refractivity contribution in [3.05, 3.63) is 59.2 Å². The molecule has 3 heteroatoms. The first kappa shape index (κ1) is 14.6. The fraction of sp³-hybridized carbons (Fsp3) is 0.316. The molecule has 0 aliphatic heterocycles. The lowest BCUT2D eigenvalue weighted by atomic mass is 9.94. The molecule has 1 fully saturated rings. The molecule has 0 aromatic heterocycles. The van der Waals surface area contributed by atoms with Crippen LogP contribution in [0, 0.1) is 13.8 Å². The first-order valence-corrected chi connectivity index (χ1v) is 7.58. The van der Waals surface area contributed by atoms with Crippen molar-refractivity contribution in [2.75, 3.05) is 12.4 Å². The van der Waals surface area contributed by atoms with Crippen LogP contribution in [-0.2, 0) is 10.2 Å². The molecule has 1 saturated carbocycles. The Labute approximate surface area is 131 Å². The lowest BCUT2D eigenvalue weighted by molar-refractivity contribution is -0.118. The van der Waals surface area contributed by atoms with Crippen LogP contribution in [0.15, 0.2) is 42.5 Å². The quantitative estimate of drug-likeness (QED) is 0.926. The van der Waals surface area contributed by atoms with Gasteiger partial charge in [0, 0.05) is 5.69 Å². The van der Waals surface area contributed by atoms with Crippen molar-refractivity contribution in [3.8, 4) is 5.75 Å². The van der Waals surface area contributed by atoms with Gasteiger partial charge >= 0.3 is 0 Å². The zero-order chi connectivity index (χ0) is 15.7. The molecule has 1 N–H and O–H groups in total. The van der Waals surface area contributed by atoms with Gasteiger partial charge in [-0.2, -0.15) is 0 Å². The number of methoxy groups -OCH3 is 1. The number of benzene rings is 2. The van der Waals surface area contributed by atoms with E-state index in [1.807, 2.05) is 50.2 Å². The molecule has 3 nitrogen and oxygen atoms in total. The number of nitrogens with one attached hydrogen (secondary N) is 1. The summed E-state index contributed by atoms with van der Waals surface area (Å²) in [6, 6.07) is 13.9. The molecule has 0 heterocycles. The van der Waals surface area contributed by atoms with Crippen LogP contribution in [0.2, 0.25) is 0 Å². The summed E-state index contributed by atoms with van der Waals surface area (Å²) < 4.78 is 5.19. The highest BCUT2D eigenvalue weighted by Gasteiger charge is 2.51. The largest absolute Gasteiger partial charge is 0.497 e. The Morgan fingerprint density at radius 2 is 1.77 bits per heavy atom. The molecule has 0 unspecified atom stereocenters. The van der Waals surface area contributed by atoms with E-state index in [0.29, 0.717) is 0 Å². The molecule has 114 valence electrons. The Bertz CT molecular complexity index is 700. The number of amides is 1. The van der Waals surface area contributed by atoms with E-state index in [1.165, 1.54) is 0 Å². The summed E-state index contributed by atoms with van der Waals surface area (Å²) >= 11 is 0. The summed E-state index contributed by atoms with van der Waals surface area (Å²) in [5.41, 5.74) is 3.84. The average Bonchev–Trinajstić information content (AvgIpc) is 3.33. The van der Waals surface area contributed by atoms with Gasteiger partial charge in [-0.25, -0.2) is 0 Å². The van der Waals surface area contributed by atoms with Crippen molar-refractivity contribution < 1.29 is 9.53 Å². The van der Waals surface area contributed by atoms with E-state index in [1.54, 1.807) is 7.11 Å². The smallest absolute Gasteiger partial charge is 0.235 e. The third-order valence-electron chi connectivity index (χ3n) is 4.47. The minimum absolute atomic E-state index is 0.0892. The van der Waals surface area contributed by atoms with Crippen molar-refractivity contribution >= 4 is 11.6 Å². The number of hydrogen-bond acceptors (Lipinski definition) is 2. The zero-order valence-electron chi connectivity index (χ0n) is 13.3. The normalized spacial score (nSPS) is 15.2. The minimum atomic E-state index is -0.373.